The Morgan fingerprint density at radius 3 is 2.58 bits per heavy atom. The van der Waals surface area contributed by atoms with Crippen LogP contribution in [-0.2, 0) is 0 Å². The van der Waals surface area contributed by atoms with E-state index >= 15 is 0 Å². The highest BCUT2D eigenvalue weighted by atomic mass is 19.2. The maximum atomic E-state index is 13.1. The maximum absolute atomic E-state index is 13.1. The van der Waals surface area contributed by atoms with Crippen LogP contribution in [0.1, 0.15) is 16.1 Å². The van der Waals surface area contributed by atoms with E-state index in [2.05, 4.69) is 5.10 Å². The number of nitrogens with zero attached hydrogens (tertiary/aromatic N) is 2. The van der Waals surface area contributed by atoms with E-state index < -0.39 is 28.7 Å². The van der Waals surface area contributed by atoms with Crippen molar-refractivity contribution in [2.45, 2.75) is 6.92 Å². The molecule has 98 valence electrons. The normalized spacial score (nSPS) is 10.5. The summed E-state index contributed by atoms with van der Waals surface area (Å²) in [6.07, 6.45) is 1.25. The first-order valence-electron chi connectivity index (χ1n) is 5.19. The van der Waals surface area contributed by atoms with Crippen LogP contribution in [0.15, 0.2) is 29.2 Å². The molecule has 0 fully saturated rings. The van der Waals surface area contributed by atoms with E-state index in [0.717, 1.165) is 16.8 Å². The van der Waals surface area contributed by atoms with Crippen LogP contribution < -0.4 is 5.43 Å². The first-order valence-corrected chi connectivity index (χ1v) is 5.19. The minimum absolute atomic E-state index is 0.115. The molecule has 0 aliphatic rings. The van der Waals surface area contributed by atoms with Crippen LogP contribution in [0.25, 0.3) is 5.69 Å². The van der Waals surface area contributed by atoms with E-state index in [1.807, 2.05) is 0 Å². The van der Waals surface area contributed by atoms with Crippen molar-refractivity contribution in [2.24, 2.45) is 0 Å². The van der Waals surface area contributed by atoms with Crippen LogP contribution in [0.4, 0.5) is 8.78 Å². The lowest BCUT2D eigenvalue weighted by molar-refractivity contribution is 0.0686. The third-order valence-electron chi connectivity index (χ3n) is 2.47. The number of carboxylic acid groups (broad SMARTS) is 1. The van der Waals surface area contributed by atoms with Crippen LogP contribution in [0, 0.1) is 18.6 Å². The predicted molar refractivity (Wildman–Crippen MR) is 61.4 cm³/mol. The van der Waals surface area contributed by atoms with Gasteiger partial charge in [-0.15, -0.1) is 0 Å². The van der Waals surface area contributed by atoms with Gasteiger partial charge in [0.15, 0.2) is 11.6 Å². The highest BCUT2D eigenvalue weighted by Crippen LogP contribution is 2.12. The predicted octanol–water partition coefficient (Wildman–Crippen LogP) is 1.52. The molecule has 2 rings (SSSR count). The number of hydrogen-bond acceptors (Lipinski definition) is 3. The molecule has 0 radical (unpaired) electrons. The third-order valence-corrected chi connectivity index (χ3v) is 2.47. The molecule has 1 aromatic carbocycles. The van der Waals surface area contributed by atoms with Crippen molar-refractivity contribution in [2.75, 3.05) is 0 Å². The van der Waals surface area contributed by atoms with Gasteiger partial charge in [-0.25, -0.2) is 18.3 Å². The molecule has 5 nitrogen and oxygen atoms in total. The zero-order valence-electron chi connectivity index (χ0n) is 9.72. The summed E-state index contributed by atoms with van der Waals surface area (Å²) in [6.45, 7) is 1.41. The van der Waals surface area contributed by atoms with Crippen molar-refractivity contribution in [1.82, 2.24) is 9.78 Å². The number of carbonyl (C=O) groups is 1. The Bertz CT molecular complexity index is 725. The Kier molecular flexibility index (Phi) is 3.12. The Balaban J connectivity index is 2.66. The average molecular weight is 266 g/mol. The van der Waals surface area contributed by atoms with Crippen LogP contribution in [0.2, 0.25) is 0 Å². The van der Waals surface area contributed by atoms with Gasteiger partial charge in [0.2, 0.25) is 11.1 Å². The van der Waals surface area contributed by atoms with Crippen LogP contribution in [0.3, 0.4) is 0 Å². The molecule has 0 bridgehead atoms. The van der Waals surface area contributed by atoms with Gasteiger partial charge < -0.3 is 5.11 Å². The van der Waals surface area contributed by atoms with Gasteiger partial charge in [-0.05, 0) is 19.1 Å². The number of aromatic nitrogens is 2. The largest absolute Gasteiger partial charge is 0.476 e. The van der Waals surface area contributed by atoms with Gasteiger partial charge in [0, 0.05) is 17.8 Å². The topological polar surface area (TPSA) is 72.2 Å². The summed E-state index contributed by atoms with van der Waals surface area (Å²) in [4.78, 5) is 22.4. The van der Waals surface area contributed by atoms with Gasteiger partial charge in [0.25, 0.3) is 0 Å². The lowest BCUT2D eigenvalue weighted by Crippen LogP contribution is -2.23. The quantitative estimate of drug-likeness (QED) is 0.894. The molecule has 0 saturated heterocycles. The first-order chi connectivity index (χ1) is 8.90. The maximum Gasteiger partial charge on any atom is 0.360 e. The van der Waals surface area contributed by atoms with Gasteiger partial charge in [-0.3, -0.25) is 4.79 Å². The zero-order valence-corrected chi connectivity index (χ0v) is 9.72. The second-order valence-electron chi connectivity index (χ2n) is 3.84. The number of aromatic carboxylic acids is 1. The molecule has 1 N–H and O–H groups in total. The summed E-state index contributed by atoms with van der Waals surface area (Å²) in [5, 5.41) is 12.4. The van der Waals surface area contributed by atoms with Crippen molar-refractivity contribution in [3.8, 4) is 5.69 Å². The van der Waals surface area contributed by atoms with Crippen LogP contribution in [-0.4, -0.2) is 20.9 Å². The summed E-state index contributed by atoms with van der Waals surface area (Å²) in [5.41, 5.74) is -1.14. The smallest absolute Gasteiger partial charge is 0.360 e. The van der Waals surface area contributed by atoms with Gasteiger partial charge in [0.05, 0.1) is 5.69 Å². The summed E-state index contributed by atoms with van der Waals surface area (Å²) in [6, 6.07) is 2.97. The zero-order chi connectivity index (χ0) is 14.2. The summed E-state index contributed by atoms with van der Waals surface area (Å²) in [5.74, 6) is -3.60. The summed E-state index contributed by atoms with van der Waals surface area (Å²) in [7, 11) is 0. The molecule has 0 spiro atoms. The van der Waals surface area contributed by atoms with Gasteiger partial charge in [-0.2, -0.15) is 5.10 Å². The van der Waals surface area contributed by atoms with Crippen molar-refractivity contribution >= 4 is 5.97 Å². The summed E-state index contributed by atoms with van der Waals surface area (Å²) >= 11 is 0. The molecule has 0 amide bonds. The third kappa shape index (κ3) is 2.35. The highest BCUT2D eigenvalue weighted by Gasteiger charge is 2.14. The van der Waals surface area contributed by atoms with E-state index in [-0.39, 0.29) is 11.3 Å². The molecule has 0 aliphatic heterocycles. The first kappa shape index (κ1) is 12.9. The van der Waals surface area contributed by atoms with Crippen LogP contribution >= 0.6 is 0 Å². The SMILES string of the molecule is Cc1cn(-c2ccc(F)c(F)c2)nc(C(=O)O)c1=O. The fourth-order valence-electron chi connectivity index (χ4n) is 1.51. The van der Waals surface area contributed by atoms with E-state index in [9.17, 15) is 18.4 Å². The van der Waals surface area contributed by atoms with E-state index in [0.29, 0.717) is 0 Å². The molecule has 0 unspecified atom stereocenters. The van der Waals surface area contributed by atoms with Gasteiger partial charge in [0.1, 0.15) is 0 Å². The standard InChI is InChI=1S/C12H8F2N2O3/c1-6-5-16(15-10(11(6)17)12(18)19)7-2-3-8(13)9(14)4-7/h2-5H,1H3,(H,18,19). The Hall–Kier alpha value is -2.57. The average Bonchev–Trinajstić information content (AvgIpc) is 2.35. The molecule has 0 saturated carbocycles. The lowest BCUT2D eigenvalue weighted by Gasteiger charge is -2.07. The molecule has 1 aromatic heterocycles. The van der Waals surface area contributed by atoms with Crippen molar-refractivity contribution < 1.29 is 18.7 Å². The number of hydrogen-bond donors (Lipinski definition) is 1. The number of rotatable bonds is 2. The lowest BCUT2D eigenvalue weighted by atomic mass is 10.2. The molecular formula is C12H8F2N2O3. The van der Waals surface area contributed by atoms with Gasteiger partial charge in [-0.1, -0.05) is 0 Å². The van der Waals surface area contributed by atoms with Crippen molar-refractivity contribution in [1.29, 1.82) is 0 Å². The highest BCUT2D eigenvalue weighted by molar-refractivity contribution is 5.85. The molecule has 7 heteroatoms. The molecule has 0 atom stereocenters. The Morgan fingerprint density at radius 1 is 1.32 bits per heavy atom. The van der Waals surface area contributed by atoms with E-state index in [1.165, 1.54) is 19.2 Å². The Morgan fingerprint density at radius 2 is 2.00 bits per heavy atom. The Labute approximate surface area is 105 Å². The van der Waals surface area contributed by atoms with E-state index in [4.69, 9.17) is 5.11 Å². The number of carboxylic acids is 1. The van der Waals surface area contributed by atoms with Crippen LogP contribution in [0.5, 0.6) is 0 Å². The summed E-state index contributed by atoms with van der Waals surface area (Å²) < 4.78 is 26.9. The van der Waals surface area contributed by atoms with E-state index in [1.54, 1.807) is 0 Å². The number of aryl methyl sites for hydroxylation is 1. The van der Waals surface area contributed by atoms with Crippen molar-refractivity contribution in [3.05, 3.63) is 57.5 Å². The molecular weight excluding hydrogens is 258 g/mol. The van der Waals surface area contributed by atoms with Gasteiger partial charge >= 0.3 is 5.97 Å². The minimum atomic E-state index is -1.48. The fraction of sp³-hybridized carbons (Fsp3) is 0.0833. The molecule has 0 aliphatic carbocycles. The monoisotopic (exact) mass is 266 g/mol. The molecule has 1 heterocycles. The van der Waals surface area contributed by atoms with Crippen molar-refractivity contribution in [3.63, 3.8) is 0 Å². The second-order valence-corrected chi connectivity index (χ2v) is 3.84. The minimum Gasteiger partial charge on any atom is -0.476 e. The molecule has 2 aromatic rings. The fourth-order valence-corrected chi connectivity index (χ4v) is 1.51. The second kappa shape index (κ2) is 4.60. The molecule has 19 heavy (non-hydrogen) atoms. The number of benzene rings is 1. The number of halogens is 2.